The number of aliphatic hydroxyl groups is 1. The molecule has 0 saturated carbocycles. The summed E-state index contributed by atoms with van der Waals surface area (Å²) >= 11 is 6.00. The van der Waals surface area contributed by atoms with E-state index in [4.69, 9.17) is 17.3 Å². The van der Waals surface area contributed by atoms with Crippen LogP contribution in [0.5, 0.6) is 0 Å². The Bertz CT molecular complexity index is 564. The van der Waals surface area contributed by atoms with E-state index >= 15 is 0 Å². The van der Waals surface area contributed by atoms with Gasteiger partial charge in [-0.1, -0.05) is 17.7 Å². The fraction of sp³-hybridized carbons (Fsp3) is 0.429. The zero-order valence-electron chi connectivity index (χ0n) is 11.7. The summed E-state index contributed by atoms with van der Waals surface area (Å²) in [6.07, 6.45) is -0.373. The molecular weight excluding hydrogens is 294 g/mol. The standard InChI is InChI=1S/C14H18ClN3O3/c1-8-10(15)3-2-4-11(8)17-13(20)7-18-6-9(19)5-12(18)14(16)21/h2-4,9,12,19H,5-7H2,1H3,(H2,16,21)(H,17,20)/t9-,12-/m1/s1. The number of halogens is 1. The summed E-state index contributed by atoms with van der Waals surface area (Å²) in [5.74, 6) is -0.806. The zero-order valence-corrected chi connectivity index (χ0v) is 12.4. The van der Waals surface area contributed by atoms with Gasteiger partial charge in [0.1, 0.15) is 0 Å². The molecule has 7 heteroatoms. The topological polar surface area (TPSA) is 95.7 Å². The summed E-state index contributed by atoms with van der Waals surface area (Å²) in [6.45, 7) is 2.07. The number of nitrogens with one attached hydrogen (secondary N) is 1. The molecule has 1 heterocycles. The molecule has 1 saturated heterocycles. The van der Waals surface area contributed by atoms with Crippen molar-refractivity contribution in [3.05, 3.63) is 28.8 Å². The van der Waals surface area contributed by atoms with Crippen LogP contribution in [0.25, 0.3) is 0 Å². The van der Waals surface area contributed by atoms with Crippen LogP contribution in [0.3, 0.4) is 0 Å². The predicted octanol–water partition coefficient (Wildman–Crippen LogP) is 0.507. The van der Waals surface area contributed by atoms with Gasteiger partial charge in [0.15, 0.2) is 0 Å². The maximum Gasteiger partial charge on any atom is 0.238 e. The highest BCUT2D eigenvalue weighted by atomic mass is 35.5. The minimum absolute atomic E-state index is 0.00335. The number of nitrogens with two attached hydrogens (primary N) is 1. The number of benzene rings is 1. The average molecular weight is 312 g/mol. The van der Waals surface area contributed by atoms with Gasteiger partial charge in [0.25, 0.3) is 0 Å². The molecule has 1 aromatic carbocycles. The zero-order chi connectivity index (χ0) is 15.6. The van der Waals surface area contributed by atoms with Gasteiger partial charge in [0.2, 0.25) is 11.8 Å². The Kier molecular flexibility index (Phi) is 4.82. The third kappa shape index (κ3) is 3.72. The highest BCUT2D eigenvalue weighted by Crippen LogP contribution is 2.23. The highest BCUT2D eigenvalue weighted by Gasteiger charge is 2.35. The number of aliphatic hydroxyl groups excluding tert-OH is 1. The lowest BCUT2D eigenvalue weighted by Gasteiger charge is -2.21. The van der Waals surface area contributed by atoms with Crippen molar-refractivity contribution in [2.75, 3.05) is 18.4 Å². The lowest BCUT2D eigenvalue weighted by atomic mass is 10.2. The van der Waals surface area contributed by atoms with Crippen molar-refractivity contribution in [1.82, 2.24) is 4.90 Å². The Morgan fingerprint density at radius 1 is 1.52 bits per heavy atom. The summed E-state index contributed by atoms with van der Waals surface area (Å²) < 4.78 is 0. The van der Waals surface area contributed by atoms with E-state index in [0.29, 0.717) is 10.7 Å². The molecule has 2 rings (SSSR count). The van der Waals surface area contributed by atoms with Crippen LogP contribution >= 0.6 is 11.6 Å². The number of β-amino-alcohol motifs (C(OH)–C–C–N with tert-alkyl or cyclic N) is 1. The minimum atomic E-state index is -0.636. The number of anilines is 1. The molecule has 0 aromatic heterocycles. The summed E-state index contributed by atoms with van der Waals surface area (Å²) in [5, 5.41) is 12.9. The van der Waals surface area contributed by atoms with Gasteiger partial charge >= 0.3 is 0 Å². The van der Waals surface area contributed by atoms with Crippen LogP contribution < -0.4 is 11.1 Å². The van der Waals surface area contributed by atoms with Crippen molar-refractivity contribution in [3.63, 3.8) is 0 Å². The first kappa shape index (κ1) is 15.8. The number of hydrogen-bond donors (Lipinski definition) is 3. The van der Waals surface area contributed by atoms with E-state index in [-0.39, 0.29) is 25.4 Å². The molecule has 1 aliphatic heterocycles. The molecule has 0 spiro atoms. The summed E-state index contributed by atoms with van der Waals surface area (Å²) in [7, 11) is 0. The number of rotatable bonds is 4. The minimum Gasteiger partial charge on any atom is -0.392 e. The van der Waals surface area contributed by atoms with Crippen LogP contribution in [0.15, 0.2) is 18.2 Å². The first-order valence-corrected chi connectivity index (χ1v) is 7.02. The number of primary amides is 1. The SMILES string of the molecule is Cc1c(Cl)cccc1NC(=O)CN1C[C@H](O)C[C@@H]1C(N)=O. The van der Waals surface area contributed by atoms with E-state index in [1.165, 1.54) is 0 Å². The van der Waals surface area contributed by atoms with Crippen LogP contribution in [-0.2, 0) is 9.59 Å². The average Bonchev–Trinajstić information content (AvgIpc) is 2.76. The molecular formula is C14H18ClN3O3. The van der Waals surface area contributed by atoms with Crippen molar-refractivity contribution < 1.29 is 14.7 Å². The molecule has 0 unspecified atom stereocenters. The lowest BCUT2D eigenvalue weighted by molar-refractivity contribution is -0.123. The van der Waals surface area contributed by atoms with Gasteiger partial charge in [0, 0.05) is 17.3 Å². The van der Waals surface area contributed by atoms with E-state index in [0.717, 1.165) is 5.56 Å². The van der Waals surface area contributed by atoms with Crippen molar-refractivity contribution in [2.45, 2.75) is 25.5 Å². The number of likely N-dealkylation sites (tertiary alicyclic amines) is 1. The van der Waals surface area contributed by atoms with E-state index < -0.39 is 18.1 Å². The normalized spacial score (nSPS) is 22.2. The van der Waals surface area contributed by atoms with Crippen LogP contribution in [0, 0.1) is 6.92 Å². The Hall–Kier alpha value is -1.63. The number of amides is 2. The second-order valence-corrected chi connectivity index (χ2v) is 5.60. The first-order valence-electron chi connectivity index (χ1n) is 6.65. The summed E-state index contributed by atoms with van der Waals surface area (Å²) in [4.78, 5) is 25.0. The second-order valence-electron chi connectivity index (χ2n) is 5.20. The van der Waals surface area contributed by atoms with Crippen molar-refractivity contribution in [2.24, 2.45) is 5.73 Å². The molecule has 4 N–H and O–H groups in total. The second kappa shape index (κ2) is 6.43. The first-order chi connectivity index (χ1) is 9.88. The predicted molar refractivity (Wildman–Crippen MR) is 80.0 cm³/mol. The molecule has 21 heavy (non-hydrogen) atoms. The molecule has 1 fully saturated rings. The van der Waals surface area contributed by atoms with Crippen molar-refractivity contribution >= 4 is 29.1 Å². The van der Waals surface area contributed by atoms with Crippen molar-refractivity contribution in [1.29, 1.82) is 0 Å². The molecule has 114 valence electrons. The van der Waals surface area contributed by atoms with Crippen LogP contribution in [0.2, 0.25) is 5.02 Å². The molecule has 2 amide bonds. The van der Waals surface area contributed by atoms with E-state index in [1.807, 2.05) is 6.92 Å². The van der Waals surface area contributed by atoms with E-state index in [9.17, 15) is 14.7 Å². The molecule has 0 radical (unpaired) electrons. The van der Waals surface area contributed by atoms with Gasteiger partial charge in [0.05, 0.1) is 18.7 Å². The van der Waals surface area contributed by atoms with Gasteiger partial charge in [-0.25, -0.2) is 0 Å². The van der Waals surface area contributed by atoms with Gasteiger partial charge in [-0.05, 0) is 31.0 Å². The monoisotopic (exact) mass is 311 g/mol. The third-order valence-corrected chi connectivity index (χ3v) is 4.01. The maximum atomic E-state index is 12.1. The van der Waals surface area contributed by atoms with Crippen LogP contribution in [-0.4, -0.2) is 47.1 Å². The van der Waals surface area contributed by atoms with Gasteiger partial charge in [-0.3, -0.25) is 14.5 Å². The Morgan fingerprint density at radius 3 is 2.90 bits per heavy atom. The molecule has 1 aromatic rings. The highest BCUT2D eigenvalue weighted by molar-refractivity contribution is 6.31. The lowest BCUT2D eigenvalue weighted by Crippen LogP contribution is -2.44. The number of nitrogens with zero attached hydrogens (tertiary/aromatic N) is 1. The van der Waals surface area contributed by atoms with E-state index in [1.54, 1.807) is 23.1 Å². The fourth-order valence-electron chi connectivity index (χ4n) is 2.47. The molecule has 0 bridgehead atoms. The third-order valence-electron chi connectivity index (χ3n) is 3.60. The van der Waals surface area contributed by atoms with Gasteiger partial charge in [-0.15, -0.1) is 0 Å². The number of hydrogen-bond acceptors (Lipinski definition) is 4. The molecule has 1 aliphatic rings. The Morgan fingerprint density at radius 2 is 2.24 bits per heavy atom. The fourth-order valence-corrected chi connectivity index (χ4v) is 2.64. The number of carbonyl (C=O) groups excluding carboxylic acids is 2. The van der Waals surface area contributed by atoms with Gasteiger partial charge in [-0.2, -0.15) is 0 Å². The molecule has 2 atom stereocenters. The Labute approximate surface area is 127 Å². The Balaban J connectivity index is 2.01. The maximum absolute atomic E-state index is 12.1. The van der Waals surface area contributed by atoms with Crippen molar-refractivity contribution in [3.8, 4) is 0 Å². The quantitative estimate of drug-likeness (QED) is 0.755. The summed E-state index contributed by atoms with van der Waals surface area (Å²) in [6, 6.07) is 4.64. The largest absolute Gasteiger partial charge is 0.392 e. The van der Waals surface area contributed by atoms with Crippen LogP contribution in [0.1, 0.15) is 12.0 Å². The van der Waals surface area contributed by atoms with Gasteiger partial charge < -0.3 is 16.2 Å². The molecule has 0 aliphatic carbocycles. The molecule has 6 nitrogen and oxygen atoms in total. The van der Waals surface area contributed by atoms with Crippen LogP contribution in [0.4, 0.5) is 5.69 Å². The smallest absolute Gasteiger partial charge is 0.238 e. The summed E-state index contributed by atoms with van der Waals surface area (Å²) in [5.41, 5.74) is 6.69. The number of carbonyl (C=O) groups is 2. The van der Waals surface area contributed by atoms with E-state index in [2.05, 4.69) is 5.32 Å².